The summed E-state index contributed by atoms with van der Waals surface area (Å²) in [4.78, 5) is 14.2. The molecule has 21 heavy (non-hydrogen) atoms. The van der Waals surface area contributed by atoms with Crippen LogP contribution in [-0.2, 0) is 4.79 Å². The summed E-state index contributed by atoms with van der Waals surface area (Å²) in [6, 6.07) is 4.48. The second kappa shape index (κ2) is 7.41. The van der Waals surface area contributed by atoms with Gasteiger partial charge in [0.1, 0.15) is 5.82 Å². The van der Waals surface area contributed by atoms with E-state index < -0.39 is 5.82 Å². The maximum absolute atomic E-state index is 13.0. The lowest BCUT2D eigenvalue weighted by atomic mass is 10.1. The molecule has 1 aromatic rings. The average molecular weight is 293 g/mol. The van der Waals surface area contributed by atoms with Gasteiger partial charge >= 0.3 is 0 Å². The molecule has 116 valence electrons. The Bertz CT molecular complexity index is 484. The molecule has 1 fully saturated rings. The number of nitrogen functional groups attached to an aromatic ring is 1. The molecule has 1 aliphatic carbocycles. The molecule has 1 amide bonds. The van der Waals surface area contributed by atoms with E-state index in [2.05, 4.69) is 10.2 Å². The molecule has 5 heteroatoms. The highest BCUT2D eigenvalue weighted by Gasteiger charge is 2.19. The van der Waals surface area contributed by atoms with Gasteiger partial charge in [-0.05, 0) is 38.1 Å². The summed E-state index contributed by atoms with van der Waals surface area (Å²) in [5, 5.41) is 2.75. The third kappa shape index (κ3) is 4.70. The van der Waals surface area contributed by atoms with E-state index in [0.29, 0.717) is 18.3 Å². The van der Waals surface area contributed by atoms with Crippen LogP contribution in [0.15, 0.2) is 18.2 Å². The second-order valence-corrected chi connectivity index (χ2v) is 5.84. The number of carbonyl (C=O) groups excluding carboxylic acids is 1. The van der Waals surface area contributed by atoms with Crippen LogP contribution in [0.5, 0.6) is 0 Å². The van der Waals surface area contributed by atoms with Gasteiger partial charge in [0.05, 0.1) is 17.9 Å². The highest BCUT2D eigenvalue weighted by Crippen LogP contribution is 2.22. The van der Waals surface area contributed by atoms with Gasteiger partial charge in [0.2, 0.25) is 5.91 Å². The van der Waals surface area contributed by atoms with Crippen LogP contribution in [-0.4, -0.2) is 30.4 Å². The van der Waals surface area contributed by atoms with Gasteiger partial charge in [-0.1, -0.05) is 25.7 Å². The Morgan fingerprint density at radius 3 is 2.62 bits per heavy atom. The number of nitrogens with one attached hydrogen (secondary N) is 1. The molecular weight excluding hydrogens is 269 g/mol. The van der Waals surface area contributed by atoms with Crippen molar-refractivity contribution in [1.29, 1.82) is 0 Å². The van der Waals surface area contributed by atoms with Crippen molar-refractivity contribution in [2.75, 3.05) is 24.6 Å². The molecule has 0 atom stereocenters. The minimum absolute atomic E-state index is 0.111. The molecule has 0 heterocycles. The standard InChI is InChI=1S/C16H24FN3O/c1-20(13-6-4-2-3-5-7-13)11-16(21)19-15-9-8-12(17)10-14(15)18/h8-10,13H,2-7,11,18H2,1H3,(H,19,21). The van der Waals surface area contributed by atoms with Crippen LogP contribution in [0, 0.1) is 5.82 Å². The molecule has 0 spiro atoms. The summed E-state index contributed by atoms with van der Waals surface area (Å²) < 4.78 is 13.0. The van der Waals surface area contributed by atoms with Crippen LogP contribution in [0.4, 0.5) is 15.8 Å². The minimum Gasteiger partial charge on any atom is -0.397 e. The summed E-state index contributed by atoms with van der Waals surface area (Å²) in [7, 11) is 1.99. The fourth-order valence-corrected chi connectivity index (χ4v) is 2.89. The van der Waals surface area contributed by atoms with Crippen molar-refractivity contribution in [3.63, 3.8) is 0 Å². The van der Waals surface area contributed by atoms with Crippen molar-refractivity contribution in [3.05, 3.63) is 24.0 Å². The first-order valence-electron chi connectivity index (χ1n) is 7.61. The zero-order valence-electron chi connectivity index (χ0n) is 12.6. The Morgan fingerprint density at radius 2 is 2.00 bits per heavy atom. The van der Waals surface area contributed by atoms with Crippen molar-refractivity contribution in [3.8, 4) is 0 Å². The summed E-state index contributed by atoms with van der Waals surface area (Å²) in [6.07, 6.45) is 7.37. The Labute approximate surface area is 125 Å². The van der Waals surface area contributed by atoms with Crippen molar-refractivity contribution in [2.24, 2.45) is 0 Å². The second-order valence-electron chi connectivity index (χ2n) is 5.84. The third-order valence-electron chi connectivity index (χ3n) is 4.13. The maximum Gasteiger partial charge on any atom is 0.238 e. The number of halogens is 1. The van der Waals surface area contributed by atoms with Crippen molar-refractivity contribution < 1.29 is 9.18 Å². The third-order valence-corrected chi connectivity index (χ3v) is 4.13. The lowest BCUT2D eigenvalue weighted by molar-refractivity contribution is -0.117. The summed E-state index contributed by atoms with van der Waals surface area (Å²) >= 11 is 0. The number of nitrogens with zero attached hydrogens (tertiary/aromatic N) is 1. The number of likely N-dealkylation sites (N-methyl/N-ethyl adjacent to an activating group) is 1. The van der Waals surface area contributed by atoms with E-state index in [4.69, 9.17) is 5.73 Å². The molecular formula is C16H24FN3O. The summed E-state index contributed by atoms with van der Waals surface area (Å²) in [6.45, 7) is 0.335. The number of benzene rings is 1. The Hall–Kier alpha value is -1.62. The Kier molecular flexibility index (Phi) is 5.56. The number of hydrogen-bond donors (Lipinski definition) is 2. The van der Waals surface area contributed by atoms with Crippen LogP contribution >= 0.6 is 0 Å². The van der Waals surface area contributed by atoms with E-state index in [1.807, 2.05) is 7.05 Å². The number of anilines is 2. The van der Waals surface area contributed by atoms with Gasteiger partial charge in [-0.2, -0.15) is 0 Å². The minimum atomic E-state index is -0.402. The van der Waals surface area contributed by atoms with Crippen molar-refractivity contribution in [1.82, 2.24) is 4.90 Å². The van der Waals surface area contributed by atoms with Crippen LogP contribution < -0.4 is 11.1 Å². The smallest absolute Gasteiger partial charge is 0.238 e. The summed E-state index contributed by atoms with van der Waals surface area (Å²) in [5.74, 6) is -0.513. The first kappa shape index (κ1) is 15.8. The molecule has 0 aromatic heterocycles. The summed E-state index contributed by atoms with van der Waals surface area (Å²) in [5.41, 5.74) is 6.41. The zero-order chi connectivity index (χ0) is 15.2. The van der Waals surface area contributed by atoms with Gasteiger partial charge in [-0.25, -0.2) is 4.39 Å². The van der Waals surface area contributed by atoms with Gasteiger partial charge in [-0.3, -0.25) is 9.69 Å². The molecule has 3 N–H and O–H groups in total. The lowest BCUT2D eigenvalue weighted by Crippen LogP contribution is -2.37. The van der Waals surface area contributed by atoms with E-state index in [1.165, 1.54) is 43.9 Å². The molecule has 0 bridgehead atoms. The van der Waals surface area contributed by atoms with E-state index in [9.17, 15) is 9.18 Å². The first-order chi connectivity index (χ1) is 10.1. The largest absolute Gasteiger partial charge is 0.397 e. The average Bonchev–Trinajstić information content (AvgIpc) is 2.71. The molecule has 1 aliphatic rings. The molecule has 1 saturated carbocycles. The van der Waals surface area contributed by atoms with E-state index in [0.717, 1.165) is 12.8 Å². The van der Waals surface area contributed by atoms with Gasteiger partial charge in [0, 0.05) is 6.04 Å². The molecule has 0 radical (unpaired) electrons. The molecule has 4 nitrogen and oxygen atoms in total. The number of amides is 1. The maximum atomic E-state index is 13.0. The normalized spacial score (nSPS) is 16.7. The van der Waals surface area contributed by atoms with Crippen LogP contribution in [0.25, 0.3) is 0 Å². The topological polar surface area (TPSA) is 58.4 Å². The van der Waals surface area contributed by atoms with Crippen LogP contribution in [0.3, 0.4) is 0 Å². The monoisotopic (exact) mass is 293 g/mol. The van der Waals surface area contributed by atoms with Gasteiger partial charge in [0.15, 0.2) is 0 Å². The zero-order valence-corrected chi connectivity index (χ0v) is 12.6. The Morgan fingerprint density at radius 1 is 1.33 bits per heavy atom. The fraction of sp³-hybridized carbons (Fsp3) is 0.562. The van der Waals surface area contributed by atoms with E-state index >= 15 is 0 Å². The first-order valence-corrected chi connectivity index (χ1v) is 7.61. The Balaban J connectivity index is 1.88. The van der Waals surface area contributed by atoms with Crippen LogP contribution in [0.2, 0.25) is 0 Å². The highest BCUT2D eigenvalue weighted by atomic mass is 19.1. The van der Waals surface area contributed by atoms with Gasteiger partial charge in [0.25, 0.3) is 0 Å². The molecule has 2 rings (SSSR count). The number of rotatable bonds is 4. The highest BCUT2D eigenvalue weighted by molar-refractivity contribution is 5.95. The van der Waals surface area contributed by atoms with Gasteiger partial charge < -0.3 is 11.1 Å². The van der Waals surface area contributed by atoms with Crippen molar-refractivity contribution >= 4 is 17.3 Å². The quantitative estimate of drug-likeness (QED) is 0.663. The lowest BCUT2D eigenvalue weighted by Gasteiger charge is -2.26. The number of nitrogens with two attached hydrogens (primary N) is 1. The molecule has 0 unspecified atom stereocenters. The predicted molar refractivity (Wildman–Crippen MR) is 83.6 cm³/mol. The fourth-order valence-electron chi connectivity index (χ4n) is 2.89. The molecule has 0 aliphatic heterocycles. The number of hydrogen-bond acceptors (Lipinski definition) is 3. The van der Waals surface area contributed by atoms with Crippen molar-refractivity contribution in [2.45, 2.75) is 44.6 Å². The predicted octanol–water partition coefficient (Wildman–Crippen LogP) is 3.00. The van der Waals surface area contributed by atoms with E-state index in [1.54, 1.807) is 0 Å². The van der Waals surface area contributed by atoms with E-state index in [-0.39, 0.29) is 11.6 Å². The molecule has 0 saturated heterocycles. The number of carbonyl (C=O) groups is 1. The SMILES string of the molecule is CN(CC(=O)Nc1ccc(F)cc1N)C1CCCCCC1. The van der Waals surface area contributed by atoms with Gasteiger partial charge in [-0.15, -0.1) is 0 Å². The van der Waals surface area contributed by atoms with Crippen LogP contribution in [0.1, 0.15) is 38.5 Å². The molecule has 1 aromatic carbocycles.